The van der Waals surface area contributed by atoms with E-state index in [0.717, 1.165) is 30.3 Å². The van der Waals surface area contributed by atoms with E-state index in [4.69, 9.17) is 28.9 Å². The van der Waals surface area contributed by atoms with E-state index < -0.39 is 216 Å². The summed E-state index contributed by atoms with van der Waals surface area (Å²) < 4.78 is 247. The van der Waals surface area contributed by atoms with Crippen molar-refractivity contribution in [3.63, 3.8) is 0 Å². The number of rotatable bonds is 17. The van der Waals surface area contributed by atoms with E-state index in [2.05, 4.69) is 46.0 Å². The van der Waals surface area contributed by atoms with Crippen molar-refractivity contribution < 1.29 is 111 Å². The maximum Gasteiger partial charge on any atom is 0.297 e. The molecule has 8 rings (SSSR count). The van der Waals surface area contributed by atoms with Gasteiger partial charge in [0.25, 0.3) is 76.5 Å². The van der Waals surface area contributed by atoms with E-state index in [0.29, 0.717) is 41.1 Å². The van der Waals surface area contributed by atoms with Gasteiger partial charge >= 0.3 is 0 Å². The van der Waals surface area contributed by atoms with Crippen molar-refractivity contribution in [3.8, 4) is 23.1 Å². The SMILES string of the molecule is Cc1nn(-c2cc(Cl)c(S(=O)(=O)O)cc2Cl)c(O)c1/N=N\c1ccc(/N=N\c2c(S(=O)(=O)O)cc3c(S(=O)(=O)O)c(N=Nc4cc(S(=O)(=O)O)c5cc(S(=O)(=O)O)c(N=Nc6ccc([N+](=O)[O-])cc6S(=O)(=O)O)c(O)c5c4N)ccc3c2O)cc1S(=O)(=O)O. The van der Waals surface area contributed by atoms with Gasteiger partial charge in [-0.3, -0.25) is 42.0 Å². The Morgan fingerprint density at radius 3 is 1.48 bits per heavy atom. The first kappa shape index (κ1) is 66.2. The van der Waals surface area contributed by atoms with Crippen LogP contribution in [0.25, 0.3) is 27.2 Å². The van der Waals surface area contributed by atoms with E-state index in [-0.39, 0.29) is 23.5 Å². The number of nitro benzene ring substituents is 1. The minimum atomic E-state index is -5.78. The number of azo groups is 4. The lowest BCUT2D eigenvalue weighted by molar-refractivity contribution is -0.385. The molecular weight excluding hydrogens is 1380 g/mol. The molecule has 1 heterocycles. The molecule has 47 heteroatoms. The van der Waals surface area contributed by atoms with Crippen LogP contribution in [0, 0.1) is 17.0 Å². The number of aromatic hydroxyl groups is 3. The number of phenols is 2. The molecule has 0 saturated carbocycles. The maximum atomic E-state index is 13.1. The van der Waals surface area contributed by atoms with Crippen LogP contribution in [0.5, 0.6) is 17.4 Å². The van der Waals surface area contributed by atoms with Gasteiger partial charge in [-0.2, -0.15) is 73.8 Å². The number of nitrogens with two attached hydrogens (primary N) is 1. The number of nitro groups is 1. The molecule has 0 aliphatic heterocycles. The second-order valence-corrected chi connectivity index (χ2v) is 28.0. The highest BCUT2D eigenvalue weighted by atomic mass is 35.5. The van der Waals surface area contributed by atoms with Gasteiger partial charge in [0, 0.05) is 28.3 Å². The van der Waals surface area contributed by atoms with Gasteiger partial charge in [0.05, 0.1) is 43.1 Å². The summed E-state index contributed by atoms with van der Waals surface area (Å²) >= 11 is 12.2. The fourth-order valence-electron chi connectivity index (χ4n) is 7.98. The molecule has 1 aromatic heterocycles. The number of anilines is 1. The zero-order valence-electron chi connectivity index (χ0n) is 42.6. The third-order valence-corrected chi connectivity index (χ3v) is 18.7. The van der Waals surface area contributed by atoms with Gasteiger partial charge in [0.2, 0.25) is 5.88 Å². The van der Waals surface area contributed by atoms with Gasteiger partial charge in [-0.15, -0.1) is 35.8 Å². The van der Waals surface area contributed by atoms with Crippen molar-refractivity contribution in [1.82, 2.24) is 9.78 Å². The van der Waals surface area contributed by atoms with Crippen LogP contribution in [0.3, 0.4) is 0 Å². The summed E-state index contributed by atoms with van der Waals surface area (Å²) in [4.78, 5) is 1.04. The number of fused-ring (bicyclic) bond motifs is 2. The zero-order chi connectivity index (χ0) is 66.4. The van der Waals surface area contributed by atoms with Gasteiger partial charge < -0.3 is 21.1 Å². The molecule has 0 fully saturated rings. The number of halogens is 2. The monoisotopic (exact) mass is 1410 g/mol. The maximum absolute atomic E-state index is 13.1. The molecule has 0 radical (unpaired) electrons. The highest BCUT2D eigenvalue weighted by molar-refractivity contribution is 7.87. The van der Waals surface area contributed by atoms with Crippen LogP contribution in [-0.2, 0) is 70.8 Å². The van der Waals surface area contributed by atoms with E-state index >= 15 is 0 Å². The molecule has 0 aliphatic rings. The second kappa shape index (κ2) is 23.0. The molecule has 0 spiro atoms. The van der Waals surface area contributed by atoms with Gasteiger partial charge in [-0.25, -0.2) is 0 Å². The standard InChI is InChI=1S/C42H28Cl2N12O26S7/c1-15-36(42(59)55(54-15)27-12-22(44)29(13-21(27)43)84(65,66)67)51-47-23-5-2-16(8-30(23)85(68,69)70)46-52-37-32(87(74,75)76)10-19-18(39(37)57)4-7-25(41(19)89(80,81)82)49-50-26-14-28(83(62,63)64)20-11-33(88(77,78)79)38(40(58)34(20)35(26)45)53-48-24-6-3-17(56(60)61)9-31(24)86(71,72)73/h2-14,57-59H,45H2,1H3,(H,62,63,64)(H,65,66,67)(H,68,69,70)(H,71,72,73)(H,74,75,76)(H,77,78,79)(H,80,81,82)/b50-49?,51-47-,52-46-,53-48?. The van der Waals surface area contributed by atoms with Gasteiger partial charge in [-0.05, 0) is 73.7 Å². The minimum Gasteiger partial charge on any atom is -0.505 e. The Labute approximate surface area is 505 Å². The quantitative estimate of drug-likeness (QED) is 0.0133. The molecule has 0 unspecified atom stereocenters. The third-order valence-electron chi connectivity index (χ3n) is 11.8. The fourth-order valence-corrected chi connectivity index (χ4v) is 13.4. The lowest BCUT2D eigenvalue weighted by Gasteiger charge is -2.15. The smallest absolute Gasteiger partial charge is 0.297 e. The van der Waals surface area contributed by atoms with Crippen molar-refractivity contribution in [1.29, 1.82) is 0 Å². The number of aryl methyl sites for hydroxylation is 1. The number of phenolic OH excluding ortho intramolecular Hbond substituents is 2. The molecule has 89 heavy (non-hydrogen) atoms. The number of nitrogens with zero attached hydrogens (tertiary/aromatic N) is 11. The highest BCUT2D eigenvalue weighted by Crippen LogP contribution is 2.50. The predicted molar refractivity (Wildman–Crippen MR) is 301 cm³/mol. The number of hydrogen-bond acceptors (Lipinski definition) is 29. The topological polar surface area (TPSA) is 627 Å². The van der Waals surface area contributed by atoms with E-state index in [9.17, 15) is 116 Å². The summed E-state index contributed by atoms with van der Waals surface area (Å²) in [6.07, 6.45) is 0. The number of benzene rings is 7. The Bertz CT molecular complexity index is 5480. The first-order chi connectivity index (χ1) is 40.8. The molecule has 0 aliphatic carbocycles. The van der Waals surface area contributed by atoms with Crippen LogP contribution in [-0.4, -0.2) is 121 Å². The summed E-state index contributed by atoms with van der Waals surface area (Å²) in [6.45, 7) is 1.26. The Balaban J connectivity index is 1.22. The molecule has 468 valence electrons. The average molecular weight is 1410 g/mol. The second-order valence-electron chi connectivity index (χ2n) is 17.5. The number of hydrogen-bond donors (Lipinski definition) is 11. The van der Waals surface area contributed by atoms with Crippen LogP contribution in [0.2, 0.25) is 10.0 Å². The first-order valence-electron chi connectivity index (χ1n) is 22.4. The summed E-state index contributed by atoms with van der Waals surface area (Å²) in [7, 11) is -38.5. The molecule has 0 atom stereocenters. The molecular formula is C42H28Cl2N12O26S7. The predicted octanol–water partition coefficient (Wildman–Crippen LogP) is 8.79. The number of aromatic nitrogens is 2. The lowest BCUT2D eigenvalue weighted by atomic mass is 10.0. The Morgan fingerprint density at radius 1 is 0.472 bits per heavy atom. The van der Waals surface area contributed by atoms with Gasteiger partial charge in [-0.1, -0.05) is 23.2 Å². The van der Waals surface area contributed by atoms with Crippen molar-refractivity contribution >= 4 is 172 Å². The summed E-state index contributed by atoms with van der Waals surface area (Å²) in [5.74, 6) is -3.80. The van der Waals surface area contributed by atoms with Crippen LogP contribution in [0.15, 0.2) is 154 Å². The largest absolute Gasteiger partial charge is 0.505 e. The molecule has 12 N–H and O–H groups in total. The van der Waals surface area contributed by atoms with E-state index in [1.54, 1.807) is 0 Å². The van der Waals surface area contributed by atoms with Crippen LogP contribution >= 0.6 is 23.2 Å². The Kier molecular flexibility index (Phi) is 17.1. The normalized spacial score (nSPS) is 13.3. The molecule has 0 bridgehead atoms. The highest BCUT2D eigenvalue weighted by Gasteiger charge is 2.32. The van der Waals surface area contributed by atoms with Crippen molar-refractivity contribution in [2.75, 3.05) is 5.73 Å². The van der Waals surface area contributed by atoms with E-state index in [1.165, 1.54) is 6.92 Å². The van der Waals surface area contributed by atoms with Crippen LogP contribution < -0.4 is 5.73 Å². The minimum absolute atomic E-state index is 0.132. The molecule has 7 aromatic carbocycles. The number of nitrogen functional groups attached to an aromatic ring is 1. The van der Waals surface area contributed by atoms with Crippen molar-refractivity contribution in [2.45, 2.75) is 41.2 Å². The summed E-state index contributed by atoms with van der Waals surface area (Å²) in [5.41, 5.74) is -3.59. The molecule has 38 nitrogen and oxygen atoms in total. The van der Waals surface area contributed by atoms with Crippen molar-refractivity contribution in [3.05, 3.63) is 105 Å². The average Bonchev–Trinajstić information content (AvgIpc) is 1.25. The van der Waals surface area contributed by atoms with Crippen molar-refractivity contribution in [2.24, 2.45) is 40.9 Å². The lowest BCUT2D eigenvalue weighted by Crippen LogP contribution is -2.04. The molecule has 0 amide bonds. The third kappa shape index (κ3) is 13.3. The fraction of sp³-hybridized carbons (Fsp3) is 0.0238. The van der Waals surface area contributed by atoms with Gasteiger partial charge in [0.15, 0.2) is 17.2 Å². The van der Waals surface area contributed by atoms with Crippen LogP contribution in [0.1, 0.15) is 5.69 Å². The number of non-ortho nitro benzene ring substituents is 1. The summed E-state index contributed by atoms with van der Waals surface area (Å²) in [6, 6.07) is 7.64. The molecule has 8 aromatic rings. The molecule has 0 saturated heterocycles. The van der Waals surface area contributed by atoms with Crippen LogP contribution in [0.4, 0.5) is 56.9 Å². The van der Waals surface area contributed by atoms with Gasteiger partial charge in [0.1, 0.15) is 68.4 Å². The Hall–Kier alpha value is -8.78. The summed E-state index contributed by atoms with van der Waals surface area (Å²) in [5, 5.41) is 73.1. The zero-order valence-corrected chi connectivity index (χ0v) is 49.8. The van der Waals surface area contributed by atoms with E-state index in [1.807, 2.05) is 0 Å². The first-order valence-corrected chi connectivity index (χ1v) is 33.3. The Morgan fingerprint density at radius 2 is 0.944 bits per heavy atom.